The third-order valence-corrected chi connectivity index (χ3v) is 3.79. The van der Waals surface area contributed by atoms with Gasteiger partial charge in [0.1, 0.15) is 11.0 Å². The Labute approximate surface area is 120 Å². The van der Waals surface area contributed by atoms with Gasteiger partial charge in [-0.25, -0.2) is 0 Å². The van der Waals surface area contributed by atoms with Gasteiger partial charge in [-0.3, -0.25) is 4.79 Å². The van der Waals surface area contributed by atoms with Crippen molar-refractivity contribution in [2.75, 3.05) is 19.7 Å². The number of nitrogens with zero attached hydrogens (tertiary/aromatic N) is 4. The van der Waals surface area contributed by atoms with E-state index in [-0.39, 0.29) is 18.3 Å². The number of amides is 1. The number of aromatic nitrogens is 2. The first-order chi connectivity index (χ1) is 9.67. The highest BCUT2D eigenvalue weighted by molar-refractivity contribution is 7.08. The van der Waals surface area contributed by atoms with Crippen LogP contribution in [0.5, 0.6) is 0 Å². The van der Waals surface area contributed by atoms with Crippen LogP contribution in [0.15, 0.2) is 5.16 Å². The number of aryl methyl sites for hydroxylation is 1. The Morgan fingerprint density at radius 1 is 1.70 bits per heavy atom. The molecule has 0 bridgehead atoms. The van der Waals surface area contributed by atoms with Crippen LogP contribution in [0.4, 0.5) is 0 Å². The fraction of sp³-hybridized carbons (Fsp3) is 0.636. The van der Waals surface area contributed by atoms with Gasteiger partial charge < -0.3 is 20.6 Å². The molecule has 1 unspecified atom stereocenters. The van der Waals surface area contributed by atoms with E-state index >= 15 is 0 Å². The molecule has 2 heterocycles. The smallest absolute Gasteiger partial charge is 0.267 e. The molecule has 1 aromatic heterocycles. The SMILES string of the molecule is CCCc1nnsc1C(=O)N1CCOC(C(N)=NO)C1. The van der Waals surface area contributed by atoms with E-state index in [1.165, 1.54) is 0 Å². The van der Waals surface area contributed by atoms with Crippen LogP contribution in [0.1, 0.15) is 28.7 Å². The van der Waals surface area contributed by atoms with Gasteiger partial charge >= 0.3 is 0 Å². The number of amidine groups is 1. The normalized spacial score (nSPS) is 20.1. The van der Waals surface area contributed by atoms with Crippen molar-refractivity contribution in [1.82, 2.24) is 14.5 Å². The summed E-state index contributed by atoms with van der Waals surface area (Å²) in [6, 6.07) is 0. The van der Waals surface area contributed by atoms with E-state index in [4.69, 9.17) is 15.7 Å². The molecule has 0 aromatic carbocycles. The largest absolute Gasteiger partial charge is 0.409 e. The maximum absolute atomic E-state index is 12.5. The Kier molecular flexibility index (Phi) is 4.85. The topological polar surface area (TPSA) is 114 Å². The molecule has 1 aromatic rings. The lowest BCUT2D eigenvalue weighted by molar-refractivity contribution is 0.00693. The van der Waals surface area contributed by atoms with E-state index in [2.05, 4.69) is 14.7 Å². The monoisotopic (exact) mass is 299 g/mol. The summed E-state index contributed by atoms with van der Waals surface area (Å²) in [6.07, 6.45) is 1.06. The predicted octanol–water partition coefficient (Wildman–Crippen LogP) is 0.0780. The van der Waals surface area contributed by atoms with Crippen molar-refractivity contribution in [2.45, 2.75) is 25.9 Å². The second-order valence-corrected chi connectivity index (χ2v) is 5.19. The molecule has 1 fully saturated rings. The first-order valence-electron chi connectivity index (χ1n) is 6.36. The number of morpholine rings is 1. The highest BCUT2D eigenvalue weighted by Gasteiger charge is 2.29. The number of rotatable bonds is 4. The predicted molar refractivity (Wildman–Crippen MR) is 73.0 cm³/mol. The third-order valence-electron chi connectivity index (χ3n) is 3.04. The Morgan fingerprint density at radius 3 is 3.20 bits per heavy atom. The van der Waals surface area contributed by atoms with Crippen molar-refractivity contribution in [3.8, 4) is 0 Å². The first kappa shape index (κ1) is 14.7. The Morgan fingerprint density at radius 2 is 2.50 bits per heavy atom. The minimum atomic E-state index is -0.576. The highest BCUT2D eigenvalue weighted by Crippen LogP contribution is 2.17. The van der Waals surface area contributed by atoms with Crippen LogP contribution in [0.3, 0.4) is 0 Å². The average molecular weight is 299 g/mol. The molecule has 8 nitrogen and oxygen atoms in total. The first-order valence-corrected chi connectivity index (χ1v) is 7.14. The van der Waals surface area contributed by atoms with Gasteiger partial charge in [-0.05, 0) is 18.0 Å². The molecule has 0 radical (unpaired) electrons. The molecule has 110 valence electrons. The Balaban J connectivity index is 2.10. The van der Waals surface area contributed by atoms with Gasteiger partial charge in [0.2, 0.25) is 0 Å². The lowest BCUT2D eigenvalue weighted by Gasteiger charge is -2.31. The summed E-state index contributed by atoms with van der Waals surface area (Å²) in [4.78, 5) is 14.7. The fourth-order valence-corrected chi connectivity index (χ4v) is 2.67. The van der Waals surface area contributed by atoms with Gasteiger partial charge in [-0.15, -0.1) is 5.10 Å². The van der Waals surface area contributed by atoms with Gasteiger partial charge in [0.05, 0.1) is 18.8 Å². The molecule has 1 amide bonds. The second kappa shape index (κ2) is 6.62. The van der Waals surface area contributed by atoms with Gasteiger partial charge in [-0.1, -0.05) is 23.0 Å². The van der Waals surface area contributed by atoms with Crippen molar-refractivity contribution in [1.29, 1.82) is 0 Å². The standard InChI is InChI=1S/C11H17N5O3S/c1-2-3-7-9(20-15-13-7)11(17)16-4-5-19-8(6-16)10(12)14-18/h8,18H,2-6H2,1H3,(H2,12,14). The van der Waals surface area contributed by atoms with E-state index in [9.17, 15) is 4.79 Å². The van der Waals surface area contributed by atoms with Gasteiger partial charge in [0.25, 0.3) is 5.91 Å². The van der Waals surface area contributed by atoms with Crippen LogP contribution < -0.4 is 5.73 Å². The van der Waals surface area contributed by atoms with Crippen molar-refractivity contribution in [3.63, 3.8) is 0 Å². The molecule has 20 heavy (non-hydrogen) atoms. The maximum atomic E-state index is 12.5. The van der Waals surface area contributed by atoms with Gasteiger partial charge in [0, 0.05) is 6.54 Å². The molecule has 1 saturated heterocycles. The van der Waals surface area contributed by atoms with Crippen LogP contribution >= 0.6 is 11.5 Å². The van der Waals surface area contributed by atoms with E-state index in [1.54, 1.807) is 4.90 Å². The van der Waals surface area contributed by atoms with Crippen LogP contribution in [0.25, 0.3) is 0 Å². The lowest BCUT2D eigenvalue weighted by atomic mass is 10.2. The molecule has 2 rings (SSSR count). The fourth-order valence-electron chi connectivity index (χ4n) is 1.99. The van der Waals surface area contributed by atoms with E-state index in [0.717, 1.165) is 30.1 Å². The number of ether oxygens (including phenoxy) is 1. The van der Waals surface area contributed by atoms with E-state index in [1.807, 2.05) is 6.92 Å². The molecule has 0 spiro atoms. The average Bonchev–Trinajstić information content (AvgIpc) is 2.94. The summed E-state index contributed by atoms with van der Waals surface area (Å²) in [5, 5.41) is 15.6. The van der Waals surface area contributed by atoms with E-state index in [0.29, 0.717) is 18.0 Å². The van der Waals surface area contributed by atoms with Crippen LogP contribution in [0.2, 0.25) is 0 Å². The maximum Gasteiger partial charge on any atom is 0.267 e. The molecular weight excluding hydrogens is 282 g/mol. The number of carbonyl (C=O) groups excluding carboxylic acids is 1. The summed E-state index contributed by atoms with van der Waals surface area (Å²) >= 11 is 1.10. The molecule has 1 atom stereocenters. The summed E-state index contributed by atoms with van der Waals surface area (Å²) in [6.45, 7) is 3.11. The second-order valence-electron chi connectivity index (χ2n) is 4.43. The van der Waals surface area contributed by atoms with Crippen molar-refractivity contribution in [3.05, 3.63) is 10.6 Å². The number of hydrogen-bond acceptors (Lipinski definition) is 7. The summed E-state index contributed by atoms with van der Waals surface area (Å²) < 4.78 is 9.22. The van der Waals surface area contributed by atoms with Crippen LogP contribution in [-0.4, -0.2) is 57.2 Å². The molecule has 0 aliphatic carbocycles. The minimum absolute atomic E-state index is 0.0290. The molecule has 1 aliphatic heterocycles. The summed E-state index contributed by atoms with van der Waals surface area (Å²) in [7, 11) is 0. The number of oxime groups is 1. The number of hydrogen-bond donors (Lipinski definition) is 2. The van der Waals surface area contributed by atoms with Gasteiger partial charge in [-0.2, -0.15) is 0 Å². The molecule has 3 N–H and O–H groups in total. The lowest BCUT2D eigenvalue weighted by Crippen LogP contribution is -2.50. The molecule has 0 saturated carbocycles. The minimum Gasteiger partial charge on any atom is -0.409 e. The van der Waals surface area contributed by atoms with Crippen molar-refractivity contribution >= 4 is 23.3 Å². The van der Waals surface area contributed by atoms with Crippen LogP contribution in [0, 0.1) is 0 Å². The molecular formula is C11H17N5O3S. The quantitative estimate of drug-likeness (QED) is 0.352. The molecule has 1 aliphatic rings. The summed E-state index contributed by atoms with van der Waals surface area (Å²) in [5.41, 5.74) is 6.25. The number of nitrogens with two attached hydrogens (primary N) is 1. The zero-order valence-electron chi connectivity index (χ0n) is 11.2. The Hall–Kier alpha value is -1.74. The number of carbonyl (C=O) groups is 1. The van der Waals surface area contributed by atoms with Gasteiger partial charge in [0.15, 0.2) is 5.84 Å². The summed E-state index contributed by atoms with van der Waals surface area (Å²) in [5.74, 6) is -0.152. The molecule has 9 heteroatoms. The van der Waals surface area contributed by atoms with Crippen molar-refractivity contribution in [2.24, 2.45) is 10.9 Å². The van der Waals surface area contributed by atoms with E-state index < -0.39 is 6.10 Å². The zero-order chi connectivity index (χ0) is 14.5. The Bertz CT molecular complexity index is 504. The highest BCUT2D eigenvalue weighted by atomic mass is 32.1. The van der Waals surface area contributed by atoms with Crippen molar-refractivity contribution < 1.29 is 14.7 Å². The zero-order valence-corrected chi connectivity index (χ0v) is 12.0. The van der Waals surface area contributed by atoms with Crippen LogP contribution in [-0.2, 0) is 11.2 Å². The third kappa shape index (κ3) is 3.05.